The van der Waals surface area contributed by atoms with Crippen molar-refractivity contribution in [1.29, 1.82) is 0 Å². The van der Waals surface area contributed by atoms with E-state index in [0.717, 1.165) is 19.1 Å². The molecule has 0 aliphatic heterocycles. The van der Waals surface area contributed by atoms with E-state index in [1.165, 1.54) is 19.1 Å². The van der Waals surface area contributed by atoms with Gasteiger partial charge in [0.05, 0.1) is 24.5 Å². The van der Waals surface area contributed by atoms with Crippen LogP contribution in [0.5, 0.6) is 5.75 Å². The zero-order chi connectivity index (χ0) is 19.5. The third kappa shape index (κ3) is 8.62. The molecule has 0 aromatic heterocycles. The summed E-state index contributed by atoms with van der Waals surface area (Å²) in [6.07, 6.45) is -11.9. The second-order valence-corrected chi connectivity index (χ2v) is 5.88. The van der Waals surface area contributed by atoms with E-state index in [4.69, 9.17) is 0 Å². The maximum Gasteiger partial charge on any atom is 0.573 e. The van der Waals surface area contributed by atoms with Gasteiger partial charge in [-0.2, -0.15) is 13.2 Å². The van der Waals surface area contributed by atoms with Crippen LogP contribution in [0.2, 0.25) is 0 Å². The monoisotopic (exact) mass is 373 g/mol. The van der Waals surface area contributed by atoms with Crippen LogP contribution in [0.25, 0.3) is 0 Å². The van der Waals surface area contributed by atoms with E-state index in [1.807, 2.05) is 0 Å². The number of carbonyl (C=O) groups excluding carboxylic acids is 1. The summed E-state index contributed by atoms with van der Waals surface area (Å²) in [6, 6.07) is 4.01. The molecule has 10 heteroatoms. The zero-order valence-corrected chi connectivity index (χ0v) is 13.3. The maximum absolute atomic E-state index is 12.3. The van der Waals surface area contributed by atoms with Crippen LogP contribution in [-0.4, -0.2) is 29.2 Å². The number of rotatable bonds is 6. The first-order valence-corrected chi connectivity index (χ1v) is 7.11. The Labute approximate surface area is 139 Å². The van der Waals surface area contributed by atoms with Crippen LogP contribution in [0.1, 0.15) is 38.3 Å². The lowest BCUT2D eigenvalue weighted by molar-refractivity contribution is -0.274. The Morgan fingerprint density at radius 2 is 1.84 bits per heavy atom. The predicted octanol–water partition coefficient (Wildman–Crippen LogP) is 3.86. The lowest BCUT2D eigenvalue weighted by Gasteiger charge is -2.25. The molecule has 0 aliphatic rings. The first-order valence-electron chi connectivity index (χ1n) is 7.11. The minimum Gasteiger partial charge on any atom is -0.406 e. The normalized spacial score (nSPS) is 16.0. The molecule has 1 aromatic rings. The number of halogens is 6. The molecule has 25 heavy (non-hydrogen) atoms. The highest BCUT2D eigenvalue weighted by Gasteiger charge is 2.39. The van der Waals surface area contributed by atoms with E-state index in [2.05, 4.69) is 10.1 Å². The van der Waals surface area contributed by atoms with E-state index in [9.17, 15) is 36.2 Å². The molecule has 0 spiro atoms. The number of ether oxygens (including phenoxy) is 1. The van der Waals surface area contributed by atoms with Gasteiger partial charge >= 0.3 is 12.5 Å². The average Bonchev–Trinajstić information content (AvgIpc) is 2.32. The second kappa shape index (κ2) is 7.51. The molecule has 0 unspecified atom stereocenters. The van der Waals surface area contributed by atoms with Gasteiger partial charge < -0.3 is 15.2 Å². The quantitative estimate of drug-likeness (QED) is 0.745. The summed E-state index contributed by atoms with van der Waals surface area (Å²) in [7, 11) is 0. The summed E-state index contributed by atoms with van der Waals surface area (Å²) in [5, 5.41) is 12.0. The highest BCUT2D eigenvalue weighted by Crippen LogP contribution is 2.30. The molecule has 142 valence electrons. The van der Waals surface area contributed by atoms with Gasteiger partial charge in [0.1, 0.15) is 5.75 Å². The number of alkyl halides is 6. The molecule has 0 aliphatic carbocycles. The Morgan fingerprint density at radius 3 is 2.36 bits per heavy atom. The fourth-order valence-corrected chi connectivity index (χ4v) is 2.20. The topological polar surface area (TPSA) is 58.6 Å². The number of hydrogen-bond donors (Lipinski definition) is 2. The summed E-state index contributed by atoms with van der Waals surface area (Å²) in [5.74, 6) is -1.36. The minimum atomic E-state index is -4.87. The highest BCUT2D eigenvalue weighted by molar-refractivity contribution is 5.77. The molecule has 2 atom stereocenters. The van der Waals surface area contributed by atoms with E-state index >= 15 is 0 Å². The number of nitrogens with one attached hydrogen (secondary N) is 1. The average molecular weight is 373 g/mol. The summed E-state index contributed by atoms with van der Waals surface area (Å²) in [5.41, 5.74) is -2.03. The molecule has 0 saturated carbocycles. The SMILES string of the molecule is C[C@H](NC(=O)C[C@@](C)(O)CC(F)(F)F)c1cccc(OC(F)(F)F)c1. The van der Waals surface area contributed by atoms with Crippen LogP contribution in [0, 0.1) is 0 Å². The van der Waals surface area contributed by atoms with Gasteiger partial charge in [0.2, 0.25) is 5.91 Å². The van der Waals surface area contributed by atoms with Gasteiger partial charge in [-0.1, -0.05) is 12.1 Å². The Hall–Kier alpha value is -1.97. The molecule has 0 radical (unpaired) electrons. The van der Waals surface area contributed by atoms with Crippen LogP contribution in [0.3, 0.4) is 0 Å². The molecule has 0 bridgehead atoms. The lowest BCUT2D eigenvalue weighted by Crippen LogP contribution is -2.38. The van der Waals surface area contributed by atoms with Crippen molar-refractivity contribution in [2.24, 2.45) is 0 Å². The van der Waals surface area contributed by atoms with Gasteiger partial charge in [-0.3, -0.25) is 4.79 Å². The smallest absolute Gasteiger partial charge is 0.406 e. The largest absolute Gasteiger partial charge is 0.573 e. The molecular weight excluding hydrogens is 356 g/mol. The van der Waals surface area contributed by atoms with Gasteiger partial charge in [-0.25, -0.2) is 0 Å². The van der Waals surface area contributed by atoms with Gasteiger partial charge in [0, 0.05) is 0 Å². The van der Waals surface area contributed by atoms with Gasteiger partial charge in [-0.05, 0) is 31.5 Å². The number of carbonyl (C=O) groups is 1. The molecule has 0 fully saturated rings. The summed E-state index contributed by atoms with van der Waals surface area (Å²) >= 11 is 0. The summed E-state index contributed by atoms with van der Waals surface area (Å²) < 4.78 is 77.3. The van der Waals surface area contributed by atoms with Crippen LogP contribution in [0.4, 0.5) is 26.3 Å². The maximum atomic E-state index is 12.3. The predicted molar refractivity (Wildman–Crippen MR) is 75.6 cm³/mol. The minimum absolute atomic E-state index is 0.255. The van der Waals surface area contributed by atoms with Crippen molar-refractivity contribution >= 4 is 5.91 Å². The molecule has 4 nitrogen and oxygen atoms in total. The fourth-order valence-electron chi connectivity index (χ4n) is 2.20. The summed E-state index contributed by atoms with van der Waals surface area (Å²) in [6.45, 7) is 2.31. The lowest BCUT2D eigenvalue weighted by atomic mass is 9.97. The van der Waals surface area contributed by atoms with Crippen molar-refractivity contribution in [2.75, 3.05) is 0 Å². The Balaban J connectivity index is 2.71. The summed E-state index contributed by atoms with van der Waals surface area (Å²) in [4.78, 5) is 11.8. The zero-order valence-electron chi connectivity index (χ0n) is 13.3. The fraction of sp³-hybridized carbons (Fsp3) is 0.533. The third-order valence-corrected chi connectivity index (χ3v) is 3.09. The van der Waals surface area contributed by atoms with Crippen molar-refractivity contribution in [3.8, 4) is 5.75 Å². The first-order chi connectivity index (χ1) is 11.2. The van der Waals surface area contributed by atoms with E-state index < -0.39 is 48.7 Å². The molecule has 1 aromatic carbocycles. The molecule has 0 heterocycles. The van der Waals surface area contributed by atoms with Crippen molar-refractivity contribution in [2.45, 2.75) is 50.9 Å². The Kier molecular flexibility index (Phi) is 6.33. The molecule has 2 N–H and O–H groups in total. The molecular formula is C15H17F6NO3. The Bertz CT molecular complexity index is 598. The number of benzene rings is 1. The Morgan fingerprint density at radius 1 is 1.24 bits per heavy atom. The molecule has 0 saturated heterocycles. The molecule has 1 amide bonds. The number of aliphatic hydroxyl groups is 1. The highest BCUT2D eigenvalue weighted by atomic mass is 19.4. The first kappa shape index (κ1) is 21.1. The van der Waals surface area contributed by atoms with Crippen LogP contribution in [0.15, 0.2) is 24.3 Å². The molecule has 1 rings (SSSR count). The van der Waals surface area contributed by atoms with Gasteiger partial charge in [0.15, 0.2) is 0 Å². The van der Waals surface area contributed by atoms with Crippen LogP contribution in [-0.2, 0) is 4.79 Å². The second-order valence-electron chi connectivity index (χ2n) is 5.88. The van der Waals surface area contributed by atoms with Crippen molar-refractivity contribution in [3.63, 3.8) is 0 Å². The van der Waals surface area contributed by atoms with E-state index in [1.54, 1.807) is 0 Å². The van der Waals surface area contributed by atoms with Crippen molar-refractivity contribution in [1.82, 2.24) is 5.32 Å². The van der Waals surface area contributed by atoms with Gasteiger partial charge in [-0.15, -0.1) is 13.2 Å². The van der Waals surface area contributed by atoms with Crippen LogP contribution >= 0.6 is 0 Å². The van der Waals surface area contributed by atoms with Crippen molar-refractivity contribution < 1.29 is 41.0 Å². The van der Waals surface area contributed by atoms with Crippen LogP contribution < -0.4 is 10.1 Å². The van der Waals surface area contributed by atoms with Gasteiger partial charge in [0.25, 0.3) is 0 Å². The van der Waals surface area contributed by atoms with Crippen molar-refractivity contribution in [3.05, 3.63) is 29.8 Å². The number of amides is 1. The van der Waals surface area contributed by atoms with E-state index in [0.29, 0.717) is 0 Å². The number of hydrogen-bond acceptors (Lipinski definition) is 3. The third-order valence-electron chi connectivity index (χ3n) is 3.09. The van der Waals surface area contributed by atoms with E-state index in [-0.39, 0.29) is 5.56 Å². The standard InChI is InChI=1S/C15H17F6NO3/c1-9(10-4-3-5-11(6-10)25-15(19,20)21)22-12(23)7-13(2,24)8-14(16,17)18/h3-6,9,24H,7-8H2,1-2H3,(H,22,23)/t9-,13+/m0/s1.